The van der Waals surface area contributed by atoms with Crippen molar-refractivity contribution in [1.29, 1.82) is 0 Å². The number of phenolic OH excluding ortho intramolecular Hbond substituents is 1. The third-order valence-electron chi connectivity index (χ3n) is 6.40. The maximum absolute atomic E-state index is 13.4. The predicted octanol–water partition coefficient (Wildman–Crippen LogP) is -0.702. The third-order valence-corrected chi connectivity index (χ3v) is 6.40. The average Bonchev–Trinajstić information content (AvgIpc) is 2.89. The summed E-state index contributed by atoms with van der Waals surface area (Å²) in [5.74, 6) is -2.39. The van der Waals surface area contributed by atoms with Gasteiger partial charge in [0.15, 0.2) is 0 Å². The first-order valence-electron chi connectivity index (χ1n) is 13.3. The molecule has 0 heterocycles. The van der Waals surface area contributed by atoms with Gasteiger partial charge in [0, 0.05) is 6.42 Å². The first-order valence-corrected chi connectivity index (χ1v) is 13.3. The van der Waals surface area contributed by atoms with Crippen molar-refractivity contribution in [2.24, 2.45) is 17.6 Å². The standard InChI is InChI=1S/C27H45N5O7/c1-6-16(4)23(32-24(36)17(5)29-25(37)21(28)11-15(2)3)27(39)31-22(26(38)30-19(13-33)14-34)12-18-7-9-20(35)10-8-18/h7-10,15-17,19,21-23,33-35H,6,11-14,28H2,1-5H3,(H,29,37)(H,30,38)(H,31,39)(H,32,36)/t16-,17-,21-,22-,23-/m0/s1. The normalized spacial score (nSPS) is 15.1. The highest BCUT2D eigenvalue weighted by molar-refractivity contribution is 5.94. The van der Waals surface area contributed by atoms with Gasteiger partial charge in [-0.3, -0.25) is 19.2 Å². The molecular weight excluding hydrogens is 506 g/mol. The zero-order valence-corrected chi connectivity index (χ0v) is 23.4. The summed E-state index contributed by atoms with van der Waals surface area (Å²) >= 11 is 0. The average molecular weight is 552 g/mol. The van der Waals surface area contributed by atoms with Crippen LogP contribution in [0.2, 0.25) is 0 Å². The Balaban J connectivity index is 3.05. The third kappa shape index (κ3) is 11.6. The molecule has 39 heavy (non-hydrogen) atoms. The van der Waals surface area contributed by atoms with Crippen LogP contribution in [-0.2, 0) is 25.6 Å². The maximum atomic E-state index is 13.4. The van der Waals surface area contributed by atoms with Crippen LogP contribution in [-0.4, -0.2) is 82.4 Å². The molecule has 0 fully saturated rings. The van der Waals surface area contributed by atoms with E-state index in [1.54, 1.807) is 19.1 Å². The summed E-state index contributed by atoms with van der Waals surface area (Å²) in [4.78, 5) is 51.7. The molecule has 9 N–H and O–H groups in total. The van der Waals surface area contributed by atoms with Gasteiger partial charge in [-0.15, -0.1) is 0 Å². The Kier molecular flexibility index (Phi) is 14.5. The van der Waals surface area contributed by atoms with Crippen LogP contribution >= 0.6 is 0 Å². The van der Waals surface area contributed by atoms with Crippen LogP contribution in [0.1, 0.15) is 53.0 Å². The fraction of sp³-hybridized carbons (Fsp3) is 0.630. The zero-order chi connectivity index (χ0) is 29.7. The van der Waals surface area contributed by atoms with E-state index in [0.717, 1.165) is 0 Å². The molecule has 0 unspecified atom stereocenters. The smallest absolute Gasteiger partial charge is 0.243 e. The van der Waals surface area contributed by atoms with Gasteiger partial charge in [-0.2, -0.15) is 0 Å². The van der Waals surface area contributed by atoms with E-state index in [1.807, 2.05) is 20.8 Å². The Hall–Kier alpha value is -3.22. The number of amides is 4. The Labute approximate surface area is 230 Å². The zero-order valence-electron chi connectivity index (χ0n) is 23.4. The predicted molar refractivity (Wildman–Crippen MR) is 146 cm³/mol. The van der Waals surface area contributed by atoms with Crippen molar-refractivity contribution < 1.29 is 34.5 Å². The molecule has 0 aliphatic rings. The van der Waals surface area contributed by atoms with E-state index in [0.29, 0.717) is 18.4 Å². The van der Waals surface area contributed by atoms with Crippen LogP contribution in [0.3, 0.4) is 0 Å². The number of hydrogen-bond donors (Lipinski definition) is 8. The van der Waals surface area contributed by atoms with Crippen LogP contribution < -0.4 is 27.0 Å². The lowest BCUT2D eigenvalue weighted by atomic mass is 9.96. The van der Waals surface area contributed by atoms with Crippen molar-refractivity contribution in [1.82, 2.24) is 21.3 Å². The molecule has 0 spiro atoms. The minimum Gasteiger partial charge on any atom is -0.508 e. The molecule has 0 aliphatic carbocycles. The van der Waals surface area contributed by atoms with Crippen LogP contribution in [0.4, 0.5) is 0 Å². The number of phenols is 1. The highest BCUT2D eigenvalue weighted by Gasteiger charge is 2.32. The number of aromatic hydroxyl groups is 1. The summed E-state index contributed by atoms with van der Waals surface area (Å²) in [6.07, 6.45) is 1.03. The maximum Gasteiger partial charge on any atom is 0.243 e. The molecular formula is C27H45N5O7. The van der Waals surface area contributed by atoms with Gasteiger partial charge >= 0.3 is 0 Å². The Morgan fingerprint density at radius 1 is 0.821 bits per heavy atom. The molecule has 1 aromatic carbocycles. The van der Waals surface area contributed by atoms with E-state index >= 15 is 0 Å². The number of hydrogen-bond acceptors (Lipinski definition) is 8. The van der Waals surface area contributed by atoms with Gasteiger partial charge in [-0.1, -0.05) is 46.2 Å². The largest absolute Gasteiger partial charge is 0.508 e. The lowest BCUT2D eigenvalue weighted by Gasteiger charge is -2.28. The summed E-state index contributed by atoms with van der Waals surface area (Å²) in [6, 6.07) is 1.30. The molecule has 0 radical (unpaired) electrons. The van der Waals surface area contributed by atoms with Crippen molar-refractivity contribution in [2.75, 3.05) is 13.2 Å². The number of carbonyl (C=O) groups is 4. The second kappa shape index (κ2) is 16.7. The molecule has 1 rings (SSSR count). The number of carbonyl (C=O) groups excluding carboxylic acids is 4. The second-order valence-corrected chi connectivity index (χ2v) is 10.3. The van der Waals surface area contributed by atoms with Gasteiger partial charge in [0.1, 0.15) is 23.9 Å². The van der Waals surface area contributed by atoms with Gasteiger partial charge in [0.25, 0.3) is 0 Å². The van der Waals surface area contributed by atoms with Crippen molar-refractivity contribution >= 4 is 23.6 Å². The van der Waals surface area contributed by atoms with Gasteiger partial charge in [0.05, 0.1) is 25.3 Å². The van der Waals surface area contributed by atoms with E-state index in [1.165, 1.54) is 19.1 Å². The van der Waals surface area contributed by atoms with E-state index in [9.17, 15) is 34.5 Å². The van der Waals surface area contributed by atoms with Crippen molar-refractivity contribution in [3.05, 3.63) is 29.8 Å². The van der Waals surface area contributed by atoms with Gasteiger partial charge in [-0.05, 0) is 42.9 Å². The molecule has 0 aromatic heterocycles. The summed E-state index contributed by atoms with van der Waals surface area (Å²) < 4.78 is 0. The summed E-state index contributed by atoms with van der Waals surface area (Å²) in [5, 5.41) is 38.7. The lowest BCUT2D eigenvalue weighted by molar-refractivity contribution is -0.134. The van der Waals surface area contributed by atoms with E-state index in [4.69, 9.17) is 5.73 Å². The quantitative estimate of drug-likeness (QED) is 0.132. The molecule has 0 saturated carbocycles. The first-order chi connectivity index (χ1) is 18.3. The van der Waals surface area contributed by atoms with Crippen LogP contribution in [0.5, 0.6) is 5.75 Å². The van der Waals surface area contributed by atoms with Gasteiger partial charge in [-0.25, -0.2) is 0 Å². The number of nitrogens with two attached hydrogens (primary N) is 1. The van der Waals surface area contributed by atoms with Crippen molar-refractivity contribution in [3.8, 4) is 5.75 Å². The topological polar surface area (TPSA) is 203 Å². The number of aliphatic hydroxyl groups excluding tert-OH is 2. The van der Waals surface area contributed by atoms with Gasteiger partial charge < -0.3 is 42.3 Å². The van der Waals surface area contributed by atoms with Crippen LogP contribution in [0, 0.1) is 11.8 Å². The number of aliphatic hydroxyl groups is 2. The molecule has 0 bridgehead atoms. The molecule has 5 atom stereocenters. The number of benzene rings is 1. The monoisotopic (exact) mass is 551 g/mol. The number of rotatable bonds is 16. The molecule has 12 nitrogen and oxygen atoms in total. The van der Waals surface area contributed by atoms with Crippen molar-refractivity contribution in [2.45, 2.75) is 84.1 Å². The minimum atomic E-state index is -1.11. The highest BCUT2D eigenvalue weighted by Crippen LogP contribution is 2.13. The molecule has 4 amide bonds. The molecule has 12 heteroatoms. The Morgan fingerprint density at radius 2 is 1.41 bits per heavy atom. The summed E-state index contributed by atoms with van der Waals surface area (Å²) in [7, 11) is 0. The van der Waals surface area contributed by atoms with E-state index in [2.05, 4.69) is 21.3 Å². The molecule has 1 aromatic rings. The van der Waals surface area contributed by atoms with Crippen molar-refractivity contribution in [3.63, 3.8) is 0 Å². The van der Waals surface area contributed by atoms with E-state index < -0.39 is 67.1 Å². The molecule has 220 valence electrons. The molecule has 0 saturated heterocycles. The Bertz CT molecular complexity index is 937. The Morgan fingerprint density at radius 3 is 1.92 bits per heavy atom. The number of nitrogens with one attached hydrogen (secondary N) is 4. The minimum absolute atomic E-state index is 0.0373. The molecule has 0 aliphatic heterocycles. The lowest BCUT2D eigenvalue weighted by Crippen LogP contribution is -2.59. The van der Waals surface area contributed by atoms with Crippen LogP contribution in [0.25, 0.3) is 0 Å². The highest BCUT2D eigenvalue weighted by atomic mass is 16.3. The SMILES string of the molecule is CC[C@H](C)[C@H](NC(=O)[C@H](C)NC(=O)[C@@H](N)CC(C)C)C(=O)N[C@@H](Cc1ccc(O)cc1)C(=O)NC(CO)CO. The first kappa shape index (κ1) is 33.8. The fourth-order valence-electron chi connectivity index (χ4n) is 3.77. The fourth-order valence-corrected chi connectivity index (χ4v) is 3.77. The van der Waals surface area contributed by atoms with Gasteiger partial charge in [0.2, 0.25) is 23.6 Å². The second-order valence-electron chi connectivity index (χ2n) is 10.3. The summed E-state index contributed by atoms with van der Waals surface area (Å²) in [5.41, 5.74) is 6.54. The van der Waals surface area contributed by atoms with E-state index in [-0.39, 0.29) is 24.0 Å². The van der Waals surface area contributed by atoms with Crippen LogP contribution in [0.15, 0.2) is 24.3 Å². The summed E-state index contributed by atoms with van der Waals surface area (Å²) in [6.45, 7) is 7.97.